The second kappa shape index (κ2) is 5.48. The van der Waals surface area contributed by atoms with Crippen molar-refractivity contribution in [2.45, 2.75) is 6.61 Å². The first kappa shape index (κ1) is 12.3. The van der Waals surface area contributed by atoms with Gasteiger partial charge < -0.3 is 4.74 Å². The van der Waals surface area contributed by atoms with Crippen molar-refractivity contribution in [1.29, 1.82) is 5.26 Å². The molecule has 0 saturated carbocycles. The average molecular weight is 263 g/mol. The third kappa shape index (κ3) is 2.96. The lowest BCUT2D eigenvalue weighted by molar-refractivity contribution is 0.298. The van der Waals surface area contributed by atoms with E-state index in [0.717, 1.165) is 0 Å². The number of pyridine rings is 1. The van der Waals surface area contributed by atoms with Crippen molar-refractivity contribution in [1.82, 2.24) is 4.98 Å². The summed E-state index contributed by atoms with van der Waals surface area (Å²) in [6, 6.07) is 9.29. The Hall–Kier alpha value is -2.12. The molecule has 0 amide bonds. The van der Waals surface area contributed by atoms with Crippen LogP contribution in [0.1, 0.15) is 11.1 Å². The highest BCUT2D eigenvalue weighted by molar-refractivity contribution is 6.29. The third-order valence-electron chi connectivity index (χ3n) is 2.27. The summed E-state index contributed by atoms with van der Waals surface area (Å²) in [5, 5.41) is 9.09. The van der Waals surface area contributed by atoms with Crippen LogP contribution in [0.25, 0.3) is 0 Å². The van der Waals surface area contributed by atoms with Crippen LogP contribution in [0.4, 0.5) is 4.39 Å². The molecule has 90 valence electrons. The van der Waals surface area contributed by atoms with Crippen LogP contribution in [0.2, 0.25) is 5.15 Å². The Morgan fingerprint density at radius 1 is 1.33 bits per heavy atom. The van der Waals surface area contributed by atoms with Gasteiger partial charge in [-0.25, -0.2) is 9.37 Å². The highest BCUT2D eigenvalue weighted by Gasteiger charge is 2.05. The summed E-state index contributed by atoms with van der Waals surface area (Å²) in [7, 11) is 0. The van der Waals surface area contributed by atoms with E-state index in [2.05, 4.69) is 4.98 Å². The molecule has 2 rings (SSSR count). The van der Waals surface area contributed by atoms with Crippen LogP contribution in [-0.4, -0.2) is 4.98 Å². The molecule has 5 heteroatoms. The fourth-order valence-corrected chi connectivity index (χ4v) is 1.48. The van der Waals surface area contributed by atoms with E-state index in [4.69, 9.17) is 21.6 Å². The third-order valence-corrected chi connectivity index (χ3v) is 2.49. The Labute approximate surface area is 108 Å². The summed E-state index contributed by atoms with van der Waals surface area (Å²) in [6.45, 7) is 0.0324. The molecule has 0 radical (unpaired) electrons. The summed E-state index contributed by atoms with van der Waals surface area (Å²) >= 11 is 5.63. The predicted octanol–water partition coefficient (Wildman–Crippen LogP) is 3.32. The van der Waals surface area contributed by atoms with Crippen LogP contribution >= 0.6 is 11.6 Å². The maximum absolute atomic E-state index is 13.4. The molecule has 3 nitrogen and oxygen atoms in total. The van der Waals surface area contributed by atoms with Gasteiger partial charge in [0.15, 0.2) is 0 Å². The molecule has 0 fully saturated rings. The van der Waals surface area contributed by atoms with Crippen molar-refractivity contribution < 1.29 is 9.13 Å². The van der Waals surface area contributed by atoms with Gasteiger partial charge in [-0.1, -0.05) is 11.6 Å². The van der Waals surface area contributed by atoms with E-state index in [1.165, 1.54) is 24.4 Å². The van der Waals surface area contributed by atoms with Crippen LogP contribution < -0.4 is 4.74 Å². The summed E-state index contributed by atoms with van der Waals surface area (Å²) in [5.41, 5.74) is 0.716. The molecule has 0 atom stereocenters. The quantitative estimate of drug-likeness (QED) is 0.797. The van der Waals surface area contributed by atoms with E-state index in [1.807, 2.05) is 6.07 Å². The van der Waals surface area contributed by atoms with Crippen LogP contribution in [-0.2, 0) is 6.61 Å². The largest absolute Gasteiger partial charge is 0.487 e. The number of hydrogen-bond acceptors (Lipinski definition) is 3. The standard InChI is InChI=1S/C13H8ClFN2O/c14-13-4-2-11(7-17-13)18-8-10-5-9(6-16)1-3-12(10)15/h1-5,7H,8H2. The maximum atomic E-state index is 13.4. The first-order valence-corrected chi connectivity index (χ1v) is 5.50. The van der Waals surface area contributed by atoms with Gasteiger partial charge in [0, 0.05) is 5.56 Å². The first-order valence-electron chi connectivity index (χ1n) is 5.12. The summed E-state index contributed by atoms with van der Waals surface area (Å²) in [5.74, 6) is 0.0806. The van der Waals surface area contributed by atoms with Crippen LogP contribution in [0.15, 0.2) is 36.5 Å². The van der Waals surface area contributed by atoms with Gasteiger partial charge in [-0.2, -0.15) is 5.26 Å². The van der Waals surface area contributed by atoms with E-state index >= 15 is 0 Å². The maximum Gasteiger partial charge on any atom is 0.138 e. The van der Waals surface area contributed by atoms with Gasteiger partial charge in [0.25, 0.3) is 0 Å². The first-order chi connectivity index (χ1) is 8.69. The van der Waals surface area contributed by atoms with Gasteiger partial charge in [0.1, 0.15) is 23.3 Å². The number of nitriles is 1. The molecule has 18 heavy (non-hydrogen) atoms. The minimum absolute atomic E-state index is 0.0324. The second-order valence-electron chi connectivity index (χ2n) is 3.52. The molecule has 2 aromatic rings. The minimum Gasteiger partial charge on any atom is -0.487 e. The average Bonchev–Trinajstić information content (AvgIpc) is 2.40. The lowest BCUT2D eigenvalue weighted by atomic mass is 10.1. The molecule has 1 heterocycles. The minimum atomic E-state index is -0.407. The molecular weight excluding hydrogens is 255 g/mol. The number of nitrogens with zero attached hydrogens (tertiary/aromatic N) is 2. The Bertz CT molecular complexity index is 593. The molecule has 0 unspecified atom stereocenters. The monoisotopic (exact) mass is 262 g/mol. The topological polar surface area (TPSA) is 45.9 Å². The zero-order valence-corrected chi connectivity index (χ0v) is 9.99. The van der Waals surface area contributed by atoms with E-state index in [0.29, 0.717) is 22.0 Å². The zero-order valence-electron chi connectivity index (χ0n) is 9.23. The zero-order chi connectivity index (χ0) is 13.0. The molecule has 0 aliphatic heterocycles. The molecule has 1 aromatic heterocycles. The molecule has 1 aromatic carbocycles. The predicted molar refractivity (Wildman–Crippen MR) is 64.7 cm³/mol. The van der Waals surface area contributed by atoms with Gasteiger partial charge in [0.05, 0.1) is 17.8 Å². The van der Waals surface area contributed by atoms with Gasteiger partial charge in [-0.15, -0.1) is 0 Å². The molecule has 0 N–H and O–H groups in total. The van der Waals surface area contributed by atoms with E-state index < -0.39 is 5.82 Å². The van der Waals surface area contributed by atoms with Gasteiger partial charge in [-0.05, 0) is 30.3 Å². The van der Waals surface area contributed by atoms with Crippen molar-refractivity contribution in [2.75, 3.05) is 0 Å². The Morgan fingerprint density at radius 2 is 2.17 bits per heavy atom. The molecular formula is C13H8ClFN2O. The summed E-state index contributed by atoms with van der Waals surface area (Å²) < 4.78 is 18.8. The molecule has 0 spiro atoms. The molecule has 0 saturated heterocycles. The second-order valence-corrected chi connectivity index (χ2v) is 3.91. The molecule has 0 aliphatic rings. The molecule has 0 bridgehead atoms. The Balaban J connectivity index is 2.10. The highest BCUT2D eigenvalue weighted by Crippen LogP contribution is 2.16. The fourth-order valence-electron chi connectivity index (χ4n) is 1.36. The van der Waals surface area contributed by atoms with Crippen LogP contribution in [0.3, 0.4) is 0 Å². The van der Waals surface area contributed by atoms with Crippen molar-refractivity contribution in [3.05, 3.63) is 58.6 Å². The lowest BCUT2D eigenvalue weighted by Gasteiger charge is -2.07. The number of ether oxygens (including phenoxy) is 1. The number of hydrogen-bond donors (Lipinski definition) is 0. The summed E-state index contributed by atoms with van der Waals surface area (Å²) in [4.78, 5) is 3.84. The van der Waals surface area contributed by atoms with Crippen molar-refractivity contribution in [2.24, 2.45) is 0 Å². The van der Waals surface area contributed by atoms with Crippen molar-refractivity contribution in [3.63, 3.8) is 0 Å². The van der Waals surface area contributed by atoms with E-state index in [9.17, 15) is 4.39 Å². The number of aromatic nitrogens is 1. The van der Waals surface area contributed by atoms with Gasteiger partial charge in [0.2, 0.25) is 0 Å². The van der Waals surface area contributed by atoms with Crippen LogP contribution in [0, 0.1) is 17.1 Å². The van der Waals surface area contributed by atoms with Crippen molar-refractivity contribution in [3.8, 4) is 11.8 Å². The van der Waals surface area contributed by atoms with Gasteiger partial charge >= 0.3 is 0 Å². The fraction of sp³-hybridized carbons (Fsp3) is 0.0769. The van der Waals surface area contributed by atoms with Crippen LogP contribution in [0.5, 0.6) is 5.75 Å². The van der Waals surface area contributed by atoms with E-state index in [1.54, 1.807) is 12.1 Å². The van der Waals surface area contributed by atoms with E-state index in [-0.39, 0.29) is 6.61 Å². The highest BCUT2D eigenvalue weighted by atomic mass is 35.5. The van der Waals surface area contributed by atoms with Crippen molar-refractivity contribution >= 4 is 11.6 Å². The number of benzene rings is 1. The molecule has 0 aliphatic carbocycles. The SMILES string of the molecule is N#Cc1ccc(F)c(COc2ccc(Cl)nc2)c1. The van der Waals surface area contributed by atoms with Gasteiger partial charge in [-0.3, -0.25) is 0 Å². The lowest BCUT2D eigenvalue weighted by Crippen LogP contribution is -1.99. The Morgan fingerprint density at radius 3 is 2.83 bits per heavy atom. The number of halogens is 2. The number of rotatable bonds is 3. The smallest absolute Gasteiger partial charge is 0.138 e. The summed E-state index contributed by atoms with van der Waals surface area (Å²) in [6.07, 6.45) is 1.45. The Kier molecular flexibility index (Phi) is 3.75. The normalized spacial score (nSPS) is 9.83.